The van der Waals surface area contributed by atoms with Crippen LogP contribution in [0.4, 0.5) is 0 Å². The Morgan fingerprint density at radius 1 is 1.29 bits per heavy atom. The van der Waals surface area contributed by atoms with Gasteiger partial charge in [0.15, 0.2) is 0 Å². The van der Waals surface area contributed by atoms with Crippen LogP contribution >= 0.6 is 11.6 Å². The number of benzene rings is 1. The van der Waals surface area contributed by atoms with E-state index < -0.39 is 0 Å². The molecule has 0 fully saturated rings. The van der Waals surface area contributed by atoms with Gasteiger partial charge in [0.25, 0.3) is 0 Å². The Bertz CT molecular complexity index is 341. The summed E-state index contributed by atoms with van der Waals surface area (Å²) in [6, 6.07) is 7.31. The van der Waals surface area contributed by atoms with Gasteiger partial charge >= 0.3 is 0 Å². The van der Waals surface area contributed by atoms with Crippen LogP contribution in [0.2, 0.25) is 5.02 Å². The minimum atomic E-state index is -0.0278. The Morgan fingerprint density at radius 3 is 2.36 bits per heavy atom. The summed E-state index contributed by atoms with van der Waals surface area (Å²) in [5.74, 6) is -0.0278. The maximum absolute atomic E-state index is 11.2. The number of carbonyl (C=O) groups is 1. The molecule has 0 spiro atoms. The molecule has 0 heterocycles. The third-order valence-electron chi connectivity index (χ3n) is 1.73. The van der Waals surface area contributed by atoms with Gasteiger partial charge in [-0.2, -0.15) is 0 Å². The minimum Gasteiger partial charge on any atom is -0.345 e. The zero-order chi connectivity index (χ0) is 10.6. The van der Waals surface area contributed by atoms with E-state index in [4.69, 9.17) is 11.6 Å². The Labute approximate surface area is 88.8 Å². The van der Waals surface area contributed by atoms with Gasteiger partial charge in [0.1, 0.15) is 0 Å². The van der Waals surface area contributed by atoms with Crippen LogP contribution in [0.5, 0.6) is 0 Å². The molecule has 1 aromatic carbocycles. The van der Waals surface area contributed by atoms with E-state index in [0.717, 1.165) is 5.56 Å². The molecule has 0 aliphatic carbocycles. The molecule has 1 rings (SSSR count). The summed E-state index contributed by atoms with van der Waals surface area (Å²) in [5, 5.41) is 0.695. The summed E-state index contributed by atoms with van der Waals surface area (Å²) >= 11 is 5.73. The molecule has 0 aliphatic rings. The number of likely N-dealkylation sites (N-methyl/N-ethyl adjacent to an activating group) is 1. The molecule has 0 bridgehead atoms. The highest BCUT2D eigenvalue weighted by atomic mass is 35.5. The molecule has 0 saturated heterocycles. The maximum Gasteiger partial charge on any atom is 0.246 e. The summed E-state index contributed by atoms with van der Waals surface area (Å²) in [6.07, 6.45) is 3.29. The van der Waals surface area contributed by atoms with E-state index in [9.17, 15) is 4.79 Å². The lowest BCUT2D eigenvalue weighted by Gasteiger charge is -2.04. The molecule has 0 aromatic heterocycles. The van der Waals surface area contributed by atoms with E-state index in [0.29, 0.717) is 5.02 Å². The molecular weight excluding hydrogens is 198 g/mol. The molecule has 1 aromatic rings. The molecule has 0 radical (unpaired) electrons. The largest absolute Gasteiger partial charge is 0.345 e. The lowest BCUT2D eigenvalue weighted by molar-refractivity contribution is -0.123. The second kappa shape index (κ2) is 4.82. The first-order valence-electron chi connectivity index (χ1n) is 4.24. The number of hydrogen-bond donors (Lipinski definition) is 0. The zero-order valence-electron chi connectivity index (χ0n) is 8.20. The molecule has 3 heteroatoms. The van der Waals surface area contributed by atoms with Crippen molar-refractivity contribution < 1.29 is 4.79 Å². The van der Waals surface area contributed by atoms with Crippen LogP contribution in [-0.4, -0.2) is 24.9 Å². The fourth-order valence-corrected chi connectivity index (χ4v) is 1.02. The molecule has 0 saturated carbocycles. The SMILES string of the molecule is CN(C)C(=O)/C=C\c1ccc(Cl)cc1. The fourth-order valence-electron chi connectivity index (χ4n) is 0.890. The van der Waals surface area contributed by atoms with Gasteiger partial charge in [-0.05, 0) is 23.8 Å². The van der Waals surface area contributed by atoms with E-state index >= 15 is 0 Å². The van der Waals surface area contributed by atoms with Gasteiger partial charge in [-0.1, -0.05) is 23.7 Å². The van der Waals surface area contributed by atoms with Crippen molar-refractivity contribution in [2.45, 2.75) is 0 Å². The first kappa shape index (κ1) is 10.8. The van der Waals surface area contributed by atoms with Crippen LogP contribution in [0.25, 0.3) is 6.08 Å². The average molecular weight is 210 g/mol. The molecule has 74 valence electrons. The molecule has 0 aliphatic heterocycles. The van der Waals surface area contributed by atoms with Crippen LogP contribution in [0.15, 0.2) is 30.3 Å². The van der Waals surface area contributed by atoms with Gasteiger partial charge in [-0.3, -0.25) is 4.79 Å². The monoisotopic (exact) mass is 209 g/mol. The van der Waals surface area contributed by atoms with Crippen molar-refractivity contribution in [3.63, 3.8) is 0 Å². The highest BCUT2D eigenvalue weighted by molar-refractivity contribution is 6.30. The van der Waals surface area contributed by atoms with Crippen molar-refractivity contribution in [1.29, 1.82) is 0 Å². The van der Waals surface area contributed by atoms with Crippen molar-refractivity contribution in [3.05, 3.63) is 40.9 Å². The van der Waals surface area contributed by atoms with Crippen LogP contribution < -0.4 is 0 Å². The average Bonchev–Trinajstić information content (AvgIpc) is 2.16. The molecule has 0 unspecified atom stereocenters. The van der Waals surface area contributed by atoms with Crippen molar-refractivity contribution in [2.75, 3.05) is 14.1 Å². The maximum atomic E-state index is 11.2. The number of rotatable bonds is 2. The molecular formula is C11H12ClNO. The summed E-state index contributed by atoms with van der Waals surface area (Å²) in [7, 11) is 3.43. The Balaban J connectivity index is 2.69. The van der Waals surface area contributed by atoms with Crippen LogP contribution in [-0.2, 0) is 4.79 Å². The van der Waals surface area contributed by atoms with E-state index in [1.165, 1.54) is 11.0 Å². The van der Waals surface area contributed by atoms with Gasteiger partial charge in [0.05, 0.1) is 0 Å². The predicted octanol–water partition coefficient (Wildman–Crippen LogP) is 2.44. The van der Waals surface area contributed by atoms with Gasteiger partial charge in [0.2, 0.25) is 5.91 Å². The number of hydrogen-bond acceptors (Lipinski definition) is 1. The molecule has 2 nitrogen and oxygen atoms in total. The predicted molar refractivity (Wildman–Crippen MR) is 59.2 cm³/mol. The number of amides is 1. The lowest BCUT2D eigenvalue weighted by Crippen LogP contribution is -2.18. The summed E-state index contributed by atoms with van der Waals surface area (Å²) < 4.78 is 0. The zero-order valence-corrected chi connectivity index (χ0v) is 8.95. The smallest absolute Gasteiger partial charge is 0.246 e. The third kappa shape index (κ3) is 3.23. The molecule has 0 atom stereocenters. The lowest BCUT2D eigenvalue weighted by atomic mass is 10.2. The van der Waals surface area contributed by atoms with Crippen molar-refractivity contribution in [2.24, 2.45) is 0 Å². The van der Waals surface area contributed by atoms with Crippen molar-refractivity contribution >= 4 is 23.6 Å². The quantitative estimate of drug-likeness (QED) is 0.686. The van der Waals surface area contributed by atoms with Crippen LogP contribution in [0, 0.1) is 0 Å². The Hall–Kier alpha value is -1.28. The minimum absolute atomic E-state index is 0.0278. The van der Waals surface area contributed by atoms with Crippen LogP contribution in [0.1, 0.15) is 5.56 Å². The molecule has 14 heavy (non-hydrogen) atoms. The topological polar surface area (TPSA) is 20.3 Å². The van der Waals surface area contributed by atoms with Gasteiger partial charge in [-0.15, -0.1) is 0 Å². The Morgan fingerprint density at radius 2 is 1.86 bits per heavy atom. The number of carbonyl (C=O) groups excluding carboxylic acids is 1. The number of nitrogens with zero attached hydrogens (tertiary/aromatic N) is 1. The highest BCUT2D eigenvalue weighted by Crippen LogP contribution is 2.10. The summed E-state index contributed by atoms with van der Waals surface area (Å²) in [5.41, 5.74) is 0.963. The standard InChI is InChI=1S/C11H12ClNO/c1-13(2)11(14)8-5-9-3-6-10(12)7-4-9/h3-8H,1-2H3/b8-5-. The van der Waals surface area contributed by atoms with Crippen LogP contribution in [0.3, 0.4) is 0 Å². The number of halogens is 1. The highest BCUT2D eigenvalue weighted by Gasteiger charge is 1.96. The van der Waals surface area contributed by atoms with E-state index in [1.807, 2.05) is 12.1 Å². The second-order valence-corrected chi connectivity index (χ2v) is 3.55. The summed E-state index contributed by atoms with van der Waals surface area (Å²) in [6.45, 7) is 0. The van der Waals surface area contributed by atoms with Gasteiger partial charge < -0.3 is 4.90 Å². The third-order valence-corrected chi connectivity index (χ3v) is 1.98. The molecule has 1 amide bonds. The van der Waals surface area contributed by atoms with Gasteiger partial charge in [-0.25, -0.2) is 0 Å². The van der Waals surface area contributed by atoms with Gasteiger partial charge in [0, 0.05) is 25.2 Å². The van der Waals surface area contributed by atoms with E-state index in [-0.39, 0.29) is 5.91 Å². The summed E-state index contributed by atoms with van der Waals surface area (Å²) in [4.78, 5) is 12.7. The normalized spacial score (nSPS) is 10.5. The Kier molecular flexibility index (Phi) is 3.72. The first-order chi connectivity index (χ1) is 6.59. The first-order valence-corrected chi connectivity index (χ1v) is 4.62. The second-order valence-electron chi connectivity index (χ2n) is 3.12. The fraction of sp³-hybridized carbons (Fsp3) is 0.182. The van der Waals surface area contributed by atoms with Crippen molar-refractivity contribution in [1.82, 2.24) is 4.90 Å². The van der Waals surface area contributed by atoms with E-state index in [2.05, 4.69) is 0 Å². The van der Waals surface area contributed by atoms with E-state index in [1.54, 1.807) is 32.3 Å². The molecule has 0 N–H and O–H groups in total. The van der Waals surface area contributed by atoms with Crippen molar-refractivity contribution in [3.8, 4) is 0 Å².